The zero-order valence-corrected chi connectivity index (χ0v) is 23.7. The van der Waals surface area contributed by atoms with Crippen molar-refractivity contribution in [3.8, 4) is 5.75 Å². The van der Waals surface area contributed by atoms with Crippen LogP contribution in [-0.4, -0.2) is 38.1 Å². The normalized spacial score (nSPS) is 11.8. The minimum Gasteiger partial charge on any atom is -0.478 e. The van der Waals surface area contributed by atoms with Crippen LogP contribution in [0.4, 0.5) is 11.4 Å². The number of anilines is 2. The third kappa shape index (κ3) is 5.97. The summed E-state index contributed by atoms with van der Waals surface area (Å²) in [7, 11) is -4.22. The number of pyridine rings is 1. The van der Waals surface area contributed by atoms with E-state index in [2.05, 4.69) is 23.7 Å². The Morgan fingerprint density at radius 3 is 2.19 bits per heavy atom. The molecule has 0 aliphatic carbocycles. The van der Waals surface area contributed by atoms with E-state index in [1.807, 2.05) is 0 Å². The summed E-state index contributed by atoms with van der Waals surface area (Å²) >= 11 is 18.8. The molecule has 194 valence electrons. The van der Waals surface area contributed by atoms with Crippen molar-refractivity contribution >= 4 is 67.1 Å². The minimum atomic E-state index is -4.22. The Hall–Kier alpha value is -2.55. The molecule has 0 spiro atoms. The number of sulfonamides is 1. The summed E-state index contributed by atoms with van der Waals surface area (Å²) in [5.41, 5.74) is 2.00. The van der Waals surface area contributed by atoms with Crippen molar-refractivity contribution in [2.45, 2.75) is 25.7 Å². The van der Waals surface area contributed by atoms with Crippen LogP contribution in [0.15, 0.2) is 71.6 Å². The number of rotatable bonds is 9. The van der Waals surface area contributed by atoms with Gasteiger partial charge in [-0.3, -0.25) is 9.88 Å². The van der Waals surface area contributed by atoms with E-state index in [9.17, 15) is 8.42 Å². The molecular formula is C27H26Cl3N3O3S. The lowest BCUT2D eigenvalue weighted by Crippen LogP contribution is -2.28. The molecule has 0 amide bonds. The lowest BCUT2D eigenvalue weighted by atomic mass is 10.1. The van der Waals surface area contributed by atoms with Crippen LogP contribution in [0.3, 0.4) is 0 Å². The molecule has 0 saturated carbocycles. The van der Waals surface area contributed by atoms with Crippen LogP contribution in [-0.2, 0) is 10.0 Å². The molecule has 0 atom stereocenters. The zero-order chi connectivity index (χ0) is 26.7. The van der Waals surface area contributed by atoms with Crippen molar-refractivity contribution in [2.24, 2.45) is 0 Å². The molecule has 0 aliphatic heterocycles. The van der Waals surface area contributed by atoms with E-state index < -0.39 is 10.0 Å². The summed E-state index contributed by atoms with van der Waals surface area (Å²) < 4.78 is 35.6. The largest absolute Gasteiger partial charge is 0.478 e. The van der Waals surface area contributed by atoms with Crippen LogP contribution in [0, 0.1) is 6.92 Å². The van der Waals surface area contributed by atoms with Gasteiger partial charge in [-0.25, -0.2) is 12.7 Å². The monoisotopic (exact) mass is 577 g/mol. The van der Waals surface area contributed by atoms with E-state index in [0.717, 1.165) is 13.1 Å². The first-order valence-electron chi connectivity index (χ1n) is 11.7. The topological polar surface area (TPSA) is 62.7 Å². The Morgan fingerprint density at radius 2 is 1.51 bits per heavy atom. The predicted molar refractivity (Wildman–Crippen MR) is 152 cm³/mol. The van der Waals surface area contributed by atoms with Gasteiger partial charge < -0.3 is 4.74 Å². The Morgan fingerprint density at radius 1 is 0.865 bits per heavy atom. The number of hydrogen-bond donors (Lipinski definition) is 0. The third-order valence-electron chi connectivity index (χ3n) is 5.89. The average Bonchev–Trinajstić information content (AvgIpc) is 2.86. The van der Waals surface area contributed by atoms with Crippen molar-refractivity contribution in [1.29, 1.82) is 0 Å². The van der Waals surface area contributed by atoms with E-state index in [4.69, 9.17) is 39.5 Å². The van der Waals surface area contributed by atoms with Gasteiger partial charge in [0, 0.05) is 21.1 Å². The van der Waals surface area contributed by atoms with Crippen molar-refractivity contribution < 1.29 is 13.2 Å². The molecule has 0 radical (unpaired) electrons. The molecule has 0 fully saturated rings. The Balaban J connectivity index is 1.89. The summed E-state index contributed by atoms with van der Waals surface area (Å²) in [6.07, 6.45) is 0. The van der Waals surface area contributed by atoms with Crippen molar-refractivity contribution in [3.63, 3.8) is 0 Å². The van der Waals surface area contributed by atoms with E-state index in [-0.39, 0.29) is 14.9 Å². The molecule has 4 aromatic rings. The van der Waals surface area contributed by atoms with Gasteiger partial charge in [-0.05, 0) is 86.7 Å². The van der Waals surface area contributed by atoms with Crippen molar-refractivity contribution in [1.82, 2.24) is 9.88 Å². The highest BCUT2D eigenvalue weighted by molar-refractivity contribution is 7.93. The molecule has 0 saturated heterocycles. The molecule has 37 heavy (non-hydrogen) atoms. The third-order valence-corrected chi connectivity index (χ3v) is 8.58. The maximum absolute atomic E-state index is 14.2. The lowest BCUT2D eigenvalue weighted by molar-refractivity contribution is 0.137. The van der Waals surface area contributed by atoms with Gasteiger partial charge in [-0.2, -0.15) is 0 Å². The maximum atomic E-state index is 14.2. The molecule has 0 unspecified atom stereocenters. The fourth-order valence-corrected chi connectivity index (χ4v) is 6.32. The molecule has 10 heteroatoms. The lowest BCUT2D eigenvalue weighted by Gasteiger charge is -2.27. The van der Waals surface area contributed by atoms with E-state index >= 15 is 0 Å². The van der Waals surface area contributed by atoms with E-state index in [0.29, 0.717) is 45.5 Å². The fourth-order valence-electron chi connectivity index (χ4n) is 3.91. The number of hydrogen-bond acceptors (Lipinski definition) is 5. The van der Waals surface area contributed by atoms with E-state index in [1.54, 1.807) is 61.5 Å². The second-order valence-electron chi connectivity index (χ2n) is 8.36. The summed E-state index contributed by atoms with van der Waals surface area (Å²) in [5, 5.41) is 1.43. The molecular weight excluding hydrogens is 553 g/mol. The highest BCUT2D eigenvalue weighted by atomic mass is 35.5. The van der Waals surface area contributed by atoms with E-state index in [1.165, 1.54) is 16.4 Å². The standard InChI is InChI=1S/C27H26Cl3N3O3S/c1-4-32(5-2)17-36-22-10-8-21(9-11-22)33(37(34,35)27-16-20(29)7-13-24(27)30)26-14-18(3)31-25-15-19(28)6-12-23(25)26/h6-16H,4-5,17H2,1-3H3. The zero-order valence-electron chi connectivity index (χ0n) is 20.6. The summed E-state index contributed by atoms with van der Waals surface area (Å²) in [5.74, 6) is 0.622. The Bertz CT molecular complexity index is 1520. The summed E-state index contributed by atoms with van der Waals surface area (Å²) in [6.45, 7) is 8.08. The first kappa shape index (κ1) is 27.5. The van der Waals surface area contributed by atoms with Gasteiger partial charge in [0.1, 0.15) is 17.4 Å². The molecule has 0 aliphatic rings. The SMILES string of the molecule is CCN(CC)COc1ccc(N(c2cc(C)nc3cc(Cl)ccc23)S(=O)(=O)c2cc(Cl)ccc2Cl)cc1. The Kier molecular flexibility index (Phi) is 8.51. The predicted octanol–water partition coefficient (Wildman–Crippen LogP) is 7.71. The van der Waals surface area contributed by atoms with Crippen LogP contribution < -0.4 is 9.04 Å². The fraction of sp³-hybridized carbons (Fsp3) is 0.222. The average molecular weight is 579 g/mol. The van der Waals surface area contributed by atoms with Gasteiger partial charge in [-0.15, -0.1) is 0 Å². The van der Waals surface area contributed by atoms with Crippen LogP contribution in [0.2, 0.25) is 15.1 Å². The minimum absolute atomic E-state index is 0.0618. The number of ether oxygens (including phenoxy) is 1. The summed E-state index contributed by atoms with van der Waals surface area (Å²) in [4.78, 5) is 6.57. The smallest absolute Gasteiger partial charge is 0.270 e. The maximum Gasteiger partial charge on any atom is 0.270 e. The van der Waals surface area contributed by atoms with Crippen LogP contribution in [0.25, 0.3) is 10.9 Å². The van der Waals surface area contributed by atoms with Gasteiger partial charge in [0.2, 0.25) is 0 Å². The van der Waals surface area contributed by atoms with Gasteiger partial charge >= 0.3 is 0 Å². The van der Waals surface area contributed by atoms with Gasteiger partial charge in [-0.1, -0.05) is 48.7 Å². The van der Waals surface area contributed by atoms with Crippen LogP contribution in [0.1, 0.15) is 19.5 Å². The highest BCUT2D eigenvalue weighted by Crippen LogP contribution is 2.40. The molecule has 1 heterocycles. The van der Waals surface area contributed by atoms with Gasteiger partial charge in [0.15, 0.2) is 0 Å². The summed E-state index contributed by atoms with van der Waals surface area (Å²) in [6, 6.07) is 18.1. The number of benzene rings is 3. The van der Waals surface area contributed by atoms with Gasteiger partial charge in [0.05, 0.1) is 21.9 Å². The quantitative estimate of drug-likeness (QED) is 0.190. The number of aromatic nitrogens is 1. The van der Waals surface area contributed by atoms with Crippen LogP contribution in [0.5, 0.6) is 5.75 Å². The van der Waals surface area contributed by atoms with Crippen molar-refractivity contribution in [2.75, 3.05) is 24.1 Å². The molecule has 1 aromatic heterocycles. The number of fused-ring (bicyclic) bond motifs is 1. The second kappa shape index (κ2) is 11.5. The molecule has 4 rings (SSSR count). The second-order valence-corrected chi connectivity index (χ2v) is 11.4. The first-order chi connectivity index (χ1) is 17.6. The van der Waals surface area contributed by atoms with Crippen LogP contribution >= 0.6 is 34.8 Å². The Labute approximate surface area is 232 Å². The first-order valence-corrected chi connectivity index (χ1v) is 14.2. The molecule has 6 nitrogen and oxygen atoms in total. The highest BCUT2D eigenvalue weighted by Gasteiger charge is 2.31. The number of aryl methyl sites for hydroxylation is 1. The van der Waals surface area contributed by atoms with Crippen molar-refractivity contribution in [3.05, 3.63) is 87.5 Å². The number of halogens is 3. The van der Waals surface area contributed by atoms with Gasteiger partial charge in [0.25, 0.3) is 10.0 Å². The number of nitrogens with zero attached hydrogens (tertiary/aromatic N) is 3. The molecule has 0 N–H and O–H groups in total. The molecule has 0 bridgehead atoms. The molecule has 3 aromatic carbocycles.